The molecule has 33 heavy (non-hydrogen) atoms. The van der Waals surface area contributed by atoms with Gasteiger partial charge in [-0.3, -0.25) is 0 Å². The first kappa shape index (κ1) is 19.4. The molecule has 1 aromatic heterocycles. The lowest BCUT2D eigenvalue weighted by molar-refractivity contribution is 1.17. The predicted octanol–water partition coefficient (Wildman–Crippen LogP) is 8.56. The van der Waals surface area contributed by atoms with Gasteiger partial charge in [0, 0.05) is 33.5 Å². The Morgan fingerprint density at radius 2 is 1.09 bits per heavy atom. The Hall–Kier alpha value is -4.30. The Bertz CT molecular complexity index is 1520. The van der Waals surface area contributed by atoms with Crippen LogP contribution in [0.3, 0.4) is 0 Å². The zero-order chi connectivity index (χ0) is 22.2. The maximum absolute atomic E-state index is 2.37. The van der Waals surface area contributed by atoms with Crippen LogP contribution in [0.4, 0.5) is 17.1 Å². The van der Waals surface area contributed by atoms with Gasteiger partial charge in [0.1, 0.15) is 0 Å². The SMILES string of the molecule is Cc1ccccc1N(c1ccccc1)c1cccc(-n2c3ccccc3c3ccccc32)c1. The maximum Gasteiger partial charge on any atom is 0.0541 e. The summed E-state index contributed by atoms with van der Waals surface area (Å²) in [4.78, 5) is 2.34. The number of fused-ring (bicyclic) bond motifs is 3. The lowest BCUT2D eigenvalue weighted by Gasteiger charge is -2.27. The van der Waals surface area contributed by atoms with Crippen LogP contribution in [0.5, 0.6) is 0 Å². The van der Waals surface area contributed by atoms with Crippen molar-refractivity contribution in [3.05, 3.63) is 133 Å². The summed E-state index contributed by atoms with van der Waals surface area (Å²) in [5.74, 6) is 0. The molecule has 0 saturated carbocycles. The third-order valence-corrected chi connectivity index (χ3v) is 6.30. The zero-order valence-corrected chi connectivity index (χ0v) is 18.5. The third kappa shape index (κ3) is 3.28. The van der Waals surface area contributed by atoms with E-state index in [9.17, 15) is 0 Å². The summed E-state index contributed by atoms with van der Waals surface area (Å²) in [6.45, 7) is 2.17. The molecular formula is C31H24N2. The summed E-state index contributed by atoms with van der Waals surface area (Å²) in [5.41, 5.74) is 8.29. The number of nitrogens with zero attached hydrogens (tertiary/aromatic N) is 2. The fourth-order valence-electron chi connectivity index (χ4n) is 4.79. The Kier molecular flexibility index (Phi) is 4.70. The van der Waals surface area contributed by atoms with Crippen molar-refractivity contribution in [2.45, 2.75) is 6.92 Å². The van der Waals surface area contributed by atoms with E-state index in [1.165, 1.54) is 33.1 Å². The second kappa shape index (κ2) is 7.99. The summed E-state index contributed by atoms with van der Waals surface area (Å²) in [6, 6.07) is 45.3. The highest BCUT2D eigenvalue weighted by molar-refractivity contribution is 6.09. The minimum absolute atomic E-state index is 1.13. The van der Waals surface area contributed by atoms with Gasteiger partial charge < -0.3 is 9.47 Å². The summed E-state index contributed by atoms with van der Waals surface area (Å²) in [6.07, 6.45) is 0. The van der Waals surface area contributed by atoms with Crippen molar-refractivity contribution in [2.24, 2.45) is 0 Å². The van der Waals surface area contributed by atoms with Crippen molar-refractivity contribution >= 4 is 38.9 Å². The number of aromatic nitrogens is 1. The van der Waals surface area contributed by atoms with Crippen molar-refractivity contribution in [3.63, 3.8) is 0 Å². The van der Waals surface area contributed by atoms with Crippen LogP contribution in [0.1, 0.15) is 5.56 Å². The van der Waals surface area contributed by atoms with Crippen molar-refractivity contribution in [2.75, 3.05) is 4.90 Å². The molecule has 2 heteroatoms. The molecule has 6 aromatic rings. The molecule has 158 valence electrons. The number of anilines is 3. The van der Waals surface area contributed by atoms with Gasteiger partial charge in [-0.1, -0.05) is 78.9 Å². The van der Waals surface area contributed by atoms with Crippen LogP contribution >= 0.6 is 0 Å². The second-order valence-electron chi connectivity index (χ2n) is 8.35. The molecule has 2 nitrogen and oxygen atoms in total. The van der Waals surface area contributed by atoms with Crippen molar-refractivity contribution in [3.8, 4) is 5.69 Å². The molecule has 0 saturated heterocycles. The van der Waals surface area contributed by atoms with Gasteiger partial charge >= 0.3 is 0 Å². The van der Waals surface area contributed by atoms with Crippen molar-refractivity contribution in [1.82, 2.24) is 4.57 Å². The average Bonchev–Trinajstić information content (AvgIpc) is 3.21. The fraction of sp³-hybridized carbons (Fsp3) is 0.0323. The van der Waals surface area contributed by atoms with Gasteiger partial charge in [-0.25, -0.2) is 0 Å². The number of para-hydroxylation sites is 4. The standard InChI is InChI=1S/C31H24N2/c1-23-12-5-8-19-29(23)32(24-13-3-2-4-14-24)25-15-11-16-26(22-25)33-30-20-9-6-17-27(30)28-18-7-10-21-31(28)33/h2-22H,1H3. The minimum atomic E-state index is 1.13. The topological polar surface area (TPSA) is 8.17 Å². The third-order valence-electron chi connectivity index (χ3n) is 6.30. The zero-order valence-electron chi connectivity index (χ0n) is 18.5. The van der Waals surface area contributed by atoms with Crippen LogP contribution < -0.4 is 4.90 Å². The Balaban J connectivity index is 1.60. The van der Waals surface area contributed by atoms with E-state index in [0.29, 0.717) is 0 Å². The van der Waals surface area contributed by atoms with E-state index in [4.69, 9.17) is 0 Å². The number of rotatable bonds is 4. The normalized spacial score (nSPS) is 11.2. The maximum atomic E-state index is 2.37. The van der Waals surface area contributed by atoms with Crippen LogP contribution in [-0.2, 0) is 0 Å². The predicted molar refractivity (Wildman–Crippen MR) is 140 cm³/mol. The van der Waals surface area contributed by atoms with Gasteiger partial charge in [0.15, 0.2) is 0 Å². The molecule has 0 bridgehead atoms. The lowest BCUT2D eigenvalue weighted by atomic mass is 10.1. The van der Waals surface area contributed by atoms with Gasteiger partial charge in [-0.05, 0) is 61.0 Å². The quantitative estimate of drug-likeness (QED) is 0.275. The lowest BCUT2D eigenvalue weighted by Crippen LogP contribution is -2.11. The molecule has 0 atom stereocenters. The first-order valence-electron chi connectivity index (χ1n) is 11.3. The van der Waals surface area contributed by atoms with Crippen molar-refractivity contribution < 1.29 is 0 Å². The highest BCUT2D eigenvalue weighted by atomic mass is 15.1. The van der Waals surface area contributed by atoms with E-state index in [-0.39, 0.29) is 0 Å². The summed E-state index contributed by atoms with van der Waals surface area (Å²) in [5, 5.41) is 2.55. The Morgan fingerprint density at radius 3 is 1.79 bits per heavy atom. The van der Waals surface area contributed by atoms with E-state index in [1.807, 2.05) is 0 Å². The van der Waals surface area contributed by atoms with Crippen molar-refractivity contribution in [1.29, 1.82) is 0 Å². The van der Waals surface area contributed by atoms with Crippen LogP contribution in [0, 0.1) is 6.92 Å². The minimum Gasteiger partial charge on any atom is -0.310 e. The van der Waals surface area contributed by atoms with Gasteiger partial charge in [0.25, 0.3) is 0 Å². The number of hydrogen-bond donors (Lipinski definition) is 0. The molecule has 0 fully saturated rings. The number of aryl methyl sites for hydroxylation is 1. The van der Waals surface area contributed by atoms with Gasteiger partial charge in [0.2, 0.25) is 0 Å². The summed E-state index contributed by atoms with van der Waals surface area (Å²) in [7, 11) is 0. The second-order valence-corrected chi connectivity index (χ2v) is 8.35. The molecule has 5 aromatic carbocycles. The van der Waals surface area contributed by atoms with E-state index in [0.717, 1.165) is 17.1 Å². The van der Waals surface area contributed by atoms with Gasteiger partial charge in [-0.15, -0.1) is 0 Å². The molecule has 0 aliphatic carbocycles. The highest BCUT2D eigenvalue weighted by Gasteiger charge is 2.16. The molecule has 0 unspecified atom stereocenters. The van der Waals surface area contributed by atoms with E-state index >= 15 is 0 Å². The fourth-order valence-corrected chi connectivity index (χ4v) is 4.79. The van der Waals surface area contributed by atoms with E-state index in [2.05, 4.69) is 144 Å². The van der Waals surface area contributed by atoms with Gasteiger partial charge in [0.05, 0.1) is 11.0 Å². The largest absolute Gasteiger partial charge is 0.310 e. The molecule has 0 aliphatic rings. The molecule has 0 N–H and O–H groups in total. The van der Waals surface area contributed by atoms with Crippen LogP contribution in [0.15, 0.2) is 127 Å². The van der Waals surface area contributed by atoms with E-state index in [1.54, 1.807) is 0 Å². The smallest absolute Gasteiger partial charge is 0.0541 e. The monoisotopic (exact) mass is 424 g/mol. The van der Waals surface area contributed by atoms with Crippen LogP contribution in [-0.4, -0.2) is 4.57 Å². The molecule has 0 radical (unpaired) electrons. The van der Waals surface area contributed by atoms with E-state index < -0.39 is 0 Å². The van der Waals surface area contributed by atoms with Crippen LogP contribution in [0.2, 0.25) is 0 Å². The highest BCUT2D eigenvalue weighted by Crippen LogP contribution is 2.38. The van der Waals surface area contributed by atoms with Crippen LogP contribution in [0.25, 0.3) is 27.5 Å². The molecule has 0 amide bonds. The molecule has 6 rings (SSSR count). The molecule has 1 heterocycles. The Morgan fingerprint density at radius 1 is 0.515 bits per heavy atom. The molecule has 0 spiro atoms. The Labute approximate surface area is 194 Å². The van der Waals surface area contributed by atoms with Gasteiger partial charge in [-0.2, -0.15) is 0 Å². The first-order chi connectivity index (χ1) is 16.3. The molecule has 0 aliphatic heterocycles. The summed E-state index contributed by atoms with van der Waals surface area (Å²) < 4.78 is 2.37. The average molecular weight is 425 g/mol. The number of hydrogen-bond acceptors (Lipinski definition) is 1. The molecular weight excluding hydrogens is 400 g/mol. The summed E-state index contributed by atoms with van der Waals surface area (Å²) >= 11 is 0. The first-order valence-corrected chi connectivity index (χ1v) is 11.3. The number of benzene rings is 5.